The highest BCUT2D eigenvalue weighted by atomic mass is 79.9. The van der Waals surface area contributed by atoms with Gasteiger partial charge < -0.3 is 10.0 Å². The number of aryl methyl sites for hydroxylation is 2. The Hall–Kier alpha value is -1.10. The molecule has 118 valence electrons. The van der Waals surface area contributed by atoms with Gasteiger partial charge in [-0.15, -0.1) is 0 Å². The third kappa shape index (κ3) is 7.25. The molecule has 0 saturated heterocycles. The Kier molecular flexibility index (Phi) is 9.13. The molecule has 2 aromatic carbocycles. The van der Waals surface area contributed by atoms with Gasteiger partial charge in [0.25, 0.3) is 0 Å². The molecule has 0 aliphatic carbocycles. The normalized spacial score (nSPS) is 9.86. The van der Waals surface area contributed by atoms with Gasteiger partial charge in [0.1, 0.15) is 0 Å². The highest BCUT2D eigenvalue weighted by Gasteiger charge is 2.08. The molecule has 4 heteroatoms. The predicted molar refractivity (Wildman–Crippen MR) is 98.4 cm³/mol. The Balaban J connectivity index is 0.000000224. The van der Waals surface area contributed by atoms with E-state index in [1.54, 1.807) is 12.1 Å². The molecule has 0 heterocycles. The molecule has 0 aliphatic heterocycles. The summed E-state index contributed by atoms with van der Waals surface area (Å²) in [6, 6.07) is 15.8. The standard InChI is InChI=1S/C9H13BO2.C9H11Br/c1-2-3-8-4-6-9(7-5-8)10(11)12;1-2-3-8-4-6-9(10)7-5-8/h4-7,11-12H,2-3H2,1H3;4-7H,2-3H2,1H3. The lowest BCUT2D eigenvalue weighted by atomic mass is 9.80. The maximum absolute atomic E-state index is 8.80. The average molecular weight is 363 g/mol. The molecule has 0 bridgehead atoms. The quantitative estimate of drug-likeness (QED) is 0.795. The van der Waals surface area contributed by atoms with Gasteiger partial charge in [0.2, 0.25) is 0 Å². The molecule has 0 aliphatic rings. The first-order valence-corrected chi connectivity index (χ1v) is 8.55. The summed E-state index contributed by atoms with van der Waals surface area (Å²) in [7, 11) is -1.35. The van der Waals surface area contributed by atoms with Crippen molar-refractivity contribution in [3.63, 3.8) is 0 Å². The monoisotopic (exact) mass is 362 g/mol. The van der Waals surface area contributed by atoms with Crippen LogP contribution in [0.15, 0.2) is 53.0 Å². The molecule has 0 saturated carbocycles. The molecule has 0 atom stereocenters. The maximum atomic E-state index is 8.80. The van der Waals surface area contributed by atoms with E-state index in [1.165, 1.54) is 24.0 Å². The number of rotatable bonds is 5. The van der Waals surface area contributed by atoms with Crippen molar-refractivity contribution >= 4 is 28.5 Å². The van der Waals surface area contributed by atoms with E-state index in [1.807, 2.05) is 12.1 Å². The average Bonchev–Trinajstić information content (AvgIpc) is 2.51. The molecule has 2 aromatic rings. The van der Waals surface area contributed by atoms with Crippen LogP contribution in [-0.4, -0.2) is 17.2 Å². The van der Waals surface area contributed by atoms with Crippen molar-refractivity contribution < 1.29 is 10.0 Å². The van der Waals surface area contributed by atoms with Crippen LogP contribution in [0.5, 0.6) is 0 Å². The smallest absolute Gasteiger partial charge is 0.423 e. The Morgan fingerprint density at radius 1 is 0.773 bits per heavy atom. The van der Waals surface area contributed by atoms with Gasteiger partial charge in [0.05, 0.1) is 0 Å². The van der Waals surface area contributed by atoms with E-state index >= 15 is 0 Å². The van der Waals surface area contributed by atoms with Crippen LogP contribution < -0.4 is 5.46 Å². The lowest BCUT2D eigenvalue weighted by molar-refractivity contribution is 0.426. The first kappa shape index (κ1) is 19.0. The number of benzene rings is 2. The highest BCUT2D eigenvalue weighted by molar-refractivity contribution is 9.10. The van der Waals surface area contributed by atoms with Gasteiger partial charge in [0, 0.05) is 4.47 Å². The van der Waals surface area contributed by atoms with Crippen molar-refractivity contribution in [2.45, 2.75) is 39.5 Å². The summed E-state index contributed by atoms with van der Waals surface area (Å²) in [5.74, 6) is 0. The van der Waals surface area contributed by atoms with Crippen LogP contribution in [0.1, 0.15) is 37.8 Å². The zero-order chi connectivity index (χ0) is 16.4. The molecule has 2 N–H and O–H groups in total. The lowest BCUT2D eigenvalue weighted by Crippen LogP contribution is -2.29. The van der Waals surface area contributed by atoms with Crippen LogP contribution in [0.25, 0.3) is 0 Å². The fraction of sp³-hybridized carbons (Fsp3) is 0.333. The summed E-state index contributed by atoms with van der Waals surface area (Å²) in [5.41, 5.74) is 3.21. The van der Waals surface area contributed by atoms with Crippen LogP contribution in [0, 0.1) is 0 Å². The summed E-state index contributed by atoms with van der Waals surface area (Å²) in [6.07, 6.45) is 4.57. The fourth-order valence-corrected chi connectivity index (χ4v) is 2.35. The minimum absolute atomic E-state index is 0.551. The lowest BCUT2D eigenvalue weighted by Gasteiger charge is -2.01. The molecule has 0 radical (unpaired) electrons. The van der Waals surface area contributed by atoms with Crippen LogP contribution in [0.2, 0.25) is 0 Å². The van der Waals surface area contributed by atoms with Crippen molar-refractivity contribution in [1.82, 2.24) is 0 Å². The Labute approximate surface area is 142 Å². The molecule has 0 amide bonds. The predicted octanol–water partition coefficient (Wildman–Crippen LogP) is 3.72. The molecule has 22 heavy (non-hydrogen) atoms. The summed E-state index contributed by atoms with van der Waals surface area (Å²) in [6.45, 7) is 4.32. The zero-order valence-corrected chi connectivity index (χ0v) is 14.9. The molecule has 0 fully saturated rings. The fourth-order valence-electron chi connectivity index (χ4n) is 2.08. The van der Waals surface area contributed by atoms with Crippen LogP contribution in [0.4, 0.5) is 0 Å². The largest absolute Gasteiger partial charge is 0.488 e. The zero-order valence-electron chi connectivity index (χ0n) is 13.3. The summed E-state index contributed by atoms with van der Waals surface area (Å²) in [5, 5.41) is 17.6. The molecule has 0 spiro atoms. The topological polar surface area (TPSA) is 40.5 Å². The summed E-state index contributed by atoms with van der Waals surface area (Å²) in [4.78, 5) is 0. The maximum Gasteiger partial charge on any atom is 0.488 e. The second-order valence-electron chi connectivity index (χ2n) is 5.24. The Morgan fingerprint density at radius 2 is 1.18 bits per heavy atom. The summed E-state index contributed by atoms with van der Waals surface area (Å²) >= 11 is 3.40. The third-order valence-electron chi connectivity index (χ3n) is 3.27. The van der Waals surface area contributed by atoms with E-state index < -0.39 is 7.12 Å². The van der Waals surface area contributed by atoms with Crippen molar-refractivity contribution in [2.24, 2.45) is 0 Å². The van der Waals surface area contributed by atoms with Gasteiger partial charge in [-0.25, -0.2) is 0 Å². The highest BCUT2D eigenvalue weighted by Crippen LogP contribution is 2.11. The first-order chi connectivity index (χ1) is 10.6. The number of hydrogen-bond acceptors (Lipinski definition) is 2. The van der Waals surface area contributed by atoms with Crippen LogP contribution in [0.3, 0.4) is 0 Å². The van der Waals surface area contributed by atoms with Crippen LogP contribution in [-0.2, 0) is 12.8 Å². The number of hydrogen-bond donors (Lipinski definition) is 2. The van der Waals surface area contributed by atoms with E-state index in [0.29, 0.717) is 5.46 Å². The van der Waals surface area contributed by atoms with Crippen molar-refractivity contribution in [3.8, 4) is 0 Å². The van der Waals surface area contributed by atoms with Gasteiger partial charge in [-0.3, -0.25) is 0 Å². The summed E-state index contributed by atoms with van der Waals surface area (Å²) < 4.78 is 1.16. The first-order valence-electron chi connectivity index (χ1n) is 7.76. The molecular weight excluding hydrogens is 339 g/mol. The van der Waals surface area contributed by atoms with E-state index in [0.717, 1.165) is 17.3 Å². The van der Waals surface area contributed by atoms with Gasteiger partial charge in [0.15, 0.2) is 0 Å². The van der Waals surface area contributed by atoms with E-state index in [4.69, 9.17) is 10.0 Å². The molecule has 0 aromatic heterocycles. The van der Waals surface area contributed by atoms with Crippen molar-refractivity contribution in [3.05, 3.63) is 64.1 Å². The molecular formula is C18H24BBrO2. The molecule has 0 unspecified atom stereocenters. The second kappa shape index (κ2) is 10.6. The third-order valence-corrected chi connectivity index (χ3v) is 3.80. The molecule has 2 rings (SSSR count). The van der Waals surface area contributed by atoms with Crippen molar-refractivity contribution in [1.29, 1.82) is 0 Å². The van der Waals surface area contributed by atoms with E-state index in [2.05, 4.69) is 54.0 Å². The van der Waals surface area contributed by atoms with Gasteiger partial charge >= 0.3 is 7.12 Å². The van der Waals surface area contributed by atoms with Gasteiger partial charge in [-0.2, -0.15) is 0 Å². The SMILES string of the molecule is CCCc1ccc(B(O)O)cc1.CCCc1ccc(Br)cc1. The van der Waals surface area contributed by atoms with Gasteiger partial charge in [-0.1, -0.05) is 79.0 Å². The minimum atomic E-state index is -1.35. The second-order valence-corrected chi connectivity index (χ2v) is 6.16. The minimum Gasteiger partial charge on any atom is -0.423 e. The Bertz CT molecular complexity index is 524. The van der Waals surface area contributed by atoms with E-state index in [-0.39, 0.29) is 0 Å². The van der Waals surface area contributed by atoms with Crippen LogP contribution >= 0.6 is 15.9 Å². The van der Waals surface area contributed by atoms with E-state index in [9.17, 15) is 0 Å². The van der Waals surface area contributed by atoms with Crippen molar-refractivity contribution in [2.75, 3.05) is 0 Å². The van der Waals surface area contributed by atoms with Gasteiger partial charge in [-0.05, 0) is 41.6 Å². The molecule has 2 nitrogen and oxygen atoms in total. The Morgan fingerprint density at radius 3 is 1.55 bits per heavy atom. The number of halogens is 1.